The lowest BCUT2D eigenvalue weighted by atomic mass is 10.1. The maximum atomic E-state index is 13.4. The first-order chi connectivity index (χ1) is 19.4. The number of hydrogen-bond donors (Lipinski definition) is 2. The van der Waals surface area contributed by atoms with Crippen LogP contribution in [0.4, 0.5) is 11.4 Å². The number of carbonyl (C=O) groups excluding carboxylic acids is 3. The summed E-state index contributed by atoms with van der Waals surface area (Å²) < 4.78 is 3.88. The number of piperazine rings is 1. The lowest BCUT2D eigenvalue weighted by molar-refractivity contribution is 0.0747. The van der Waals surface area contributed by atoms with Crippen molar-refractivity contribution >= 4 is 40.6 Å². The lowest BCUT2D eigenvalue weighted by Crippen LogP contribution is -2.49. The second kappa shape index (κ2) is 12.2. The van der Waals surface area contributed by atoms with Crippen LogP contribution in [0.25, 0.3) is 0 Å². The molecule has 12 heteroatoms. The molecule has 0 saturated carbocycles. The van der Waals surface area contributed by atoms with E-state index in [0.29, 0.717) is 72.2 Å². The topological polar surface area (TPSA) is 135 Å². The van der Waals surface area contributed by atoms with Crippen LogP contribution in [-0.4, -0.2) is 89.5 Å². The third-order valence-corrected chi connectivity index (χ3v) is 7.96. The Hall–Kier alpha value is -4.34. The number of anilines is 2. The first kappa shape index (κ1) is 27.2. The molecule has 3 amide bonds. The molecule has 0 spiro atoms. The smallest absolute Gasteiger partial charge is 0.267 e. The fourth-order valence-corrected chi connectivity index (χ4v) is 5.51. The summed E-state index contributed by atoms with van der Waals surface area (Å²) in [5, 5.41) is 19.3. The van der Waals surface area contributed by atoms with Crippen molar-refractivity contribution in [3.05, 3.63) is 69.7 Å². The highest BCUT2D eigenvalue weighted by Crippen LogP contribution is 2.30. The number of aryl methyl sites for hydroxylation is 1. The molecule has 0 aliphatic carbocycles. The Balaban J connectivity index is 1.38. The molecule has 2 saturated heterocycles. The Kier molecular flexibility index (Phi) is 8.33. The highest BCUT2D eigenvalue weighted by atomic mass is 32.1. The van der Waals surface area contributed by atoms with Crippen LogP contribution >= 0.6 is 11.5 Å². The normalized spacial score (nSPS) is 15.8. The van der Waals surface area contributed by atoms with E-state index in [9.17, 15) is 14.4 Å². The highest BCUT2D eigenvalue weighted by molar-refractivity contribution is 7.07. The average Bonchev–Trinajstić information content (AvgIpc) is 3.24. The molecule has 2 aliphatic heterocycles. The summed E-state index contributed by atoms with van der Waals surface area (Å²) in [6.45, 7) is 6.81. The van der Waals surface area contributed by atoms with Gasteiger partial charge in [-0.25, -0.2) is 0 Å². The molecule has 0 radical (unpaired) electrons. The Morgan fingerprint density at radius 3 is 2.35 bits per heavy atom. The van der Waals surface area contributed by atoms with E-state index in [4.69, 9.17) is 5.26 Å². The molecule has 1 aromatic heterocycles. The van der Waals surface area contributed by atoms with Gasteiger partial charge in [0.05, 0.1) is 28.7 Å². The van der Waals surface area contributed by atoms with Crippen molar-refractivity contribution < 1.29 is 14.4 Å². The van der Waals surface area contributed by atoms with Gasteiger partial charge in [-0.3, -0.25) is 14.4 Å². The summed E-state index contributed by atoms with van der Waals surface area (Å²) in [7, 11) is 0. The number of nitriles is 1. The molecule has 0 bridgehead atoms. The Labute approximate surface area is 236 Å². The Morgan fingerprint density at radius 2 is 1.65 bits per heavy atom. The Bertz CT molecular complexity index is 1430. The lowest BCUT2D eigenvalue weighted by Gasteiger charge is -2.37. The second-order valence-corrected chi connectivity index (χ2v) is 10.5. The summed E-state index contributed by atoms with van der Waals surface area (Å²) in [5.74, 6) is -0.487. The Morgan fingerprint density at radius 1 is 0.925 bits per heavy atom. The fourth-order valence-electron chi connectivity index (χ4n) is 4.89. The number of aromatic nitrogens is 2. The molecule has 2 fully saturated rings. The first-order valence-electron chi connectivity index (χ1n) is 13.2. The van der Waals surface area contributed by atoms with Crippen LogP contribution in [0.15, 0.2) is 42.5 Å². The number of hydrogen-bond acceptors (Lipinski definition) is 9. The number of benzene rings is 2. The minimum atomic E-state index is -0.337. The van der Waals surface area contributed by atoms with Crippen LogP contribution < -0.4 is 15.5 Å². The zero-order valence-electron chi connectivity index (χ0n) is 22.2. The minimum absolute atomic E-state index is 0.0747. The number of nitrogens with one attached hydrogen (secondary N) is 2. The zero-order chi connectivity index (χ0) is 28.1. The molecule has 2 aliphatic rings. The molecule has 206 valence electrons. The van der Waals surface area contributed by atoms with Crippen molar-refractivity contribution in [3.8, 4) is 6.07 Å². The third kappa shape index (κ3) is 5.95. The first-order valence-corrected chi connectivity index (χ1v) is 14.0. The van der Waals surface area contributed by atoms with Gasteiger partial charge in [0.15, 0.2) is 0 Å². The maximum Gasteiger partial charge on any atom is 0.267 e. The highest BCUT2D eigenvalue weighted by Gasteiger charge is 2.27. The van der Waals surface area contributed by atoms with Crippen molar-refractivity contribution in [2.45, 2.75) is 13.3 Å². The molecule has 11 nitrogen and oxygen atoms in total. The molecule has 3 aromatic rings. The van der Waals surface area contributed by atoms with Gasteiger partial charge in [0, 0.05) is 56.9 Å². The molecular formula is C28H30N8O3S. The van der Waals surface area contributed by atoms with Gasteiger partial charge in [-0.2, -0.15) is 5.26 Å². The van der Waals surface area contributed by atoms with Crippen molar-refractivity contribution in [1.29, 1.82) is 5.26 Å². The molecule has 2 aromatic carbocycles. The number of carbonyl (C=O) groups is 3. The van der Waals surface area contributed by atoms with Crippen molar-refractivity contribution in [1.82, 2.24) is 24.7 Å². The molecule has 3 heterocycles. The standard InChI is InChI=1S/C28H30N8O3S/c1-19-25(40-33-32-19)28(39)36-15-13-34(14-16-36)24-8-7-22(27(38)35-11-2-9-30-10-12-35)17-23(24)31-26(37)21-5-3-20(18-29)4-6-21/h3-8,17,30H,2,9-16H2,1H3,(H,31,37). The van der Waals surface area contributed by atoms with Gasteiger partial charge >= 0.3 is 0 Å². The monoisotopic (exact) mass is 558 g/mol. The quantitative estimate of drug-likeness (QED) is 0.488. The summed E-state index contributed by atoms with van der Waals surface area (Å²) in [6, 6.07) is 13.9. The van der Waals surface area contributed by atoms with Gasteiger partial charge in [0.25, 0.3) is 17.7 Å². The van der Waals surface area contributed by atoms with E-state index in [1.807, 2.05) is 11.0 Å². The molecular weight excluding hydrogens is 528 g/mol. The van der Waals surface area contributed by atoms with E-state index >= 15 is 0 Å². The van der Waals surface area contributed by atoms with Crippen molar-refractivity contribution in [2.24, 2.45) is 0 Å². The molecule has 40 heavy (non-hydrogen) atoms. The zero-order valence-corrected chi connectivity index (χ0v) is 23.0. The second-order valence-electron chi connectivity index (χ2n) is 9.74. The minimum Gasteiger partial charge on any atom is -0.366 e. The summed E-state index contributed by atoms with van der Waals surface area (Å²) >= 11 is 1.10. The van der Waals surface area contributed by atoms with Crippen LogP contribution in [0, 0.1) is 18.3 Å². The fraction of sp³-hybridized carbons (Fsp3) is 0.357. The van der Waals surface area contributed by atoms with Crippen LogP contribution in [0.1, 0.15) is 48.1 Å². The molecule has 5 rings (SSSR count). The van der Waals surface area contributed by atoms with Gasteiger partial charge in [-0.1, -0.05) is 4.49 Å². The number of nitrogens with zero attached hydrogens (tertiary/aromatic N) is 6. The van der Waals surface area contributed by atoms with Crippen LogP contribution in [0.3, 0.4) is 0 Å². The number of rotatable bonds is 5. The predicted octanol–water partition coefficient (Wildman–Crippen LogP) is 2.37. The third-order valence-electron chi connectivity index (χ3n) is 7.15. The maximum absolute atomic E-state index is 13.4. The SMILES string of the molecule is Cc1nnsc1C(=O)N1CCN(c2ccc(C(=O)N3CCCNCC3)cc2NC(=O)c2ccc(C#N)cc2)CC1. The van der Waals surface area contributed by atoms with Crippen molar-refractivity contribution in [3.63, 3.8) is 0 Å². The van der Waals surface area contributed by atoms with Gasteiger partial charge in [0.1, 0.15) is 4.88 Å². The molecule has 2 N–H and O–H groups in total. The van der Waals surface area contributed by atoms with E-state index in [0.717, 1.165) is 36.7 Å². The summed E-state index contributed by atoms with van der Waals surface area (Å²) in [6.07, 6.45) is 0.881. The van der Waals surface area contributed by atoms with Gasteiger partial charge < -0.3 is 25.3 Å². The van der Waals surface area contributed by atoms with Crippen LogP contribution in [0.2, 0.25) is 0 Å². The van der Waals surface area contributed by atoms with Gasteiger partial charge in [0.2, 0.25) is 0 Å². The predicted molar refractivity (Wildman–Crippen MR) is 152 cm³/mol. The van der Waals surface area contributed by atoms with E-state index < -0.39 is 0 Å². The summed E-state index contributed by atoms with van der Waals surface area (Å²) in [4.78, 5) is 45.8. The van der Waals surface area contributed by atoms with E-state index in [1.54, 1.807) is 48.2 Å². The van der Waals surface area contributed by atoms with Gasteiger partial charge in [-0.15, -0.1) is 5.10 Å². The number of amides is 3. The van der Waals surface area contributed by atoms with Crippen LogP contribution in [0.5, 0.6) is 0 Å². The van der Waals surface area contributed by atoms with E-state index in [-0.39, 0.29) is 17.7 Å². The molecule has 0 unspecified atom stereocenters. The van der Waals surface area contributed by atoms with Gasteiger partial charge in [-0.05, 0) is 73.9 Å². The molecule has 0 atom stereocenters. The van der Waals surface area contributed by atoms with E-state index in [2.05, 4.69) is 31.2 Å². The van der Waals surface area contributed by atoms with Crippen LogP contribution in [-0.2, 0) is 0 Å². The average molecular weight is 559 g/mol. The van der Waals surface area contributed by atoms with Crippen molar-refractivity contribution in [2.75, 3.05) is 62.6 Å². The summed E-state index contributed by atoms with van der Waals surface area (Å²) in [5.41, 5.74) is 3.31. The van der Waals surface area contributed by atoms with E-state index in [1.165, 1.54) is 0 Å². The largest absolute Gasteiger partial charge is 0.366 e.